The Labute approximate surface area is 133 Å². The van der Waals surface area contributed by atoms with Gasteiger partial charge in [-0.2, -0.15) is 0 Å². The summed E-state index contributed by atoms with van der Waals surface area (Å²) in [5.41, 5.74) is 0. The Bertz CT molecular complexity index is 405. The van der Waals surface area contributed by atoms with Crippen LogP contribution < -0.4 is 5.11 Å². The number of nitrogens with zero attached hydrogens (tertiary/aromatic N) is 1. The summed E-state index contributed by atoms with van der Waals surface area (Å²) in [4.78, 5) is 41.7. The number of carbonyl (C=O) groups excluding carboxylic acids is 3. The van der Waals surface area contributed by atoms with E-state index in [-0.39, 0.29) is 23.7 Å². The first-order valence-electron chi connectivity index (χ1n) is 7.32. The van der Waals surface area contributed by atoms with E-state index in [1.165, 1.54) is 17.1 Å². The zero-order valence-electron chi connectivity index (χ0n) is 12.9. The predicted octanol–water partition coefficient (Wildman–Crippen LogP) is 0.838. The van der Waals surface area contributed by atoms with Gasteiger partial charge >= 0.3 is 34.6 Å². The molecule has 0 saturated heterocycles. The van der Waals surface area contributed by atoms with E-state index < -0.39 is 25.7 Å². The molecule has 1 aliphatic carbocycles. The molecule has 0 aromatic rings. The molecule has 2 aliphatic rings. The molecule has 21 heavy (non-hydrogen) atoms. The van der Waals surface area contributed by atoms with Gasteiger partial charge in [0.05, 0.1) is 0 Å². The van der Waals surface area contributed by atoms with E-state index in [4.69, 9.17) is 0 Å². The summed E-state index contributed by atoms with van der Waals surface area (Å²) in [7, 11) is 0. The van der Waals surface area contributed by atoms with Crippen molar-refractivity contribution in [3.63, 3.8) is 0 Å². The molecule has 1 fully saturated rings. The number of carboxylic acid groups (broad SMARTS) is 1. The van der Waals surface area contributed by atoms with Crippen molar-refractivity contribution in [2.75, 3.05) is 6.54 Å². The van der Waals surface area contributed by atoms with Gasteiger partial charge in [-0.25, -0.2) is 0 Å². The molecule has 2 rings (SSSR count). The number of aliphatic carboxylic acids is 1. The second kappa shape index (κ2) is 8.56. The molecule has 1 saturated carbocycles. The van der Waals surface area contributed by atoms with E-state index in [1.54, 1.807) is 0 Å². The van der Waals surface area contributed by atoms with Crippen molar-refractivity contribution in [1.29, 1.82) is 0 Å². The van der Waals surface area contributed by atoms with Crippen LogP contribution in [-0.2, 0) is 14.4 Å². The third kappa shape index (κ3) is 6.20. The van der Waals surface area contributed by atoms with Crippen LogP contribution in [0, 0.1) is 11.8 Å². The molecule has 0 spiro atoms. The predicted molar refractivity (Wildman–Crippen MR) is 79.7 cm³/mol. The summed E-state index contributed by atoms with van der Waals surface area (Å²) < 4.78 is 0. The Morgan fingerprint density at radius 1 is 1.14 bits per heavy atom. The number of amides is 2. The molecule has 6 heteroatoms. The van der Waals surface area contributed by atoms with Crippen molar-refractivity contribution in [2.24, 2.45) is 11.8 Å². The second-order valence-corrected chi connectivity index (χ2v) is 14.7. The first-order valence-corrected chi connectivity index (χ1v) is 15.9. The maximum atomic E-state index is 11.3. The topological polar surface area (TPSA) is 77.5 Å². The first kappa shape index (κ1) is 18.2. The van der Waals surface area contributed by atoms with Gasteiger partial charge in [-0.05, 0) is 37.5 Å². The summed E-state index contributed by atoms with van der Waals surface area (Å²) in [6.45, 7) is 0.407. The summed E-state index contributed by atoms with van der Waals surface area (Å²) in [6, 6.07) is 0. The van der Waals surface area contributed by atoms with E-state index >= 15 is 0 Å². The summed E-state index contributed by atoms with van der Waals surface area (Å²) in [5, 5.41) is 10.7. The third-order valence-electron chi connectivity index (χ3n) is 3.52. The number of carboxylic acids is 1. The monoisotopic (exact) mass is 401 g/mol. The van der Waals surface area contributed by atoms with Gasteiger partial charge in [0.15, 0.2) is 0 Å². The van der Waals surface area contributed by atoms with Gasteiger partial charge in [0.2, 0.25) is 0 Å². The number of imide groups is 1. The van der Waals surface area contributed by atoms with Crippen LogP contribution >= 0.6 is 0 Å². The van der Waals surface area contributed by atoms with E-state index in [1.807, 2.05) is 0 Å². The Morgan fingerprint density at radius 3 is 1.95 bits per heavy atom. The molecule has 1 aliphatic heterocycles. The van der Waals surface area contributed by atoms with Crippen molar-refractivity contribution in [3.8, 4) is 0 Å². The van der Waals surface area contributed by atoms with Crippen LogP contribution in [0.5, 0.6) is 0 Å². The molecule has 1 heterocycles. The maximum absolute atomic E-state index is 11.3. The van der Waals surface area contributed by atoms with Crippen molar-refractivity contribution in [3.05, 3.63) is 12.2 Å². The molecular weight excluding hydrogens is 377 g/mol. The van der Waals surface area contributed by atoms with Crippen molar-refractivity contribution >= 4 is 37.5 Å². The van der Waals surface area contributed by atoms with Crippen LogP contribution in [0.1, 0.15) is 25.7 Å². The molecule has 0 bridgehead atoms. The molecule has 5 nitrogen and oxygen atoms in total. The zero-order valence-corrected chi connectivity index (χ0v) is 15.8. The van der Waals surface area contributed by atoms with Gasteiger partial charge in [0.25, 0.3) is 11.8 Å². The Kier molecular flexibility index (Phi) is 7.42. The van der Waals surface area contributed by atoms with Gasteiger partial charge < -0.3 is 9.90 Å². The third-order valence-corrected chi connectivity index (χ3v) is 3.52. The molecule has 0 atom stereocenters. The Morgan fingerprint density at radius 2 is 1.57 bits per heavy atom. The molecular formula is C15H23NO4Sn. The zero-order chi connectivity index (χ0) is 16.0. The molecule has 0 aromatic heterocycles. The minimum atomic E-state index is -0.988. The van der Waals surface area contributed by atoms with E-state index in [0.717, 1.165) is 12.8 Å². The van der Waals surface area contributed by atoms with Gasteiger partial charge in [0, 0.05) is 24.7 Å². The van der Waals surface area contributed by atoms with Gasteiger partial charge in [0.1, 0.15) is 0 Å². The number of carbonyl (C=O) groups is 3. The van der Waals surface area contributed by atoms with Crippen LogP contribution in [-0.4, -0.2) is 49.0 Å². The van der Waals surface area contributed by atoms with Gasteiger partial charge in [-0.15, -0.1) is 0 Å². The Balaban J connectivity index is 0.000000491. The standard InChI is InChI=1S/C12H15NO4.3CH3.Sn/c14-10-5-6-11(15)13(10)7-8-1-3-9(4-2-8)12(16)17;;;;/h5-6,8-9H,1-4,7H2,(H,16,17);3*1H3;/q;;;;+1/p-1. The number of hydrogen-bond acceptors (Lipinski definition) is 4. The average molecular weight is 400 g/mol. The van der Waals surface area contributed by atoms with Crippen LogP contribution in [0.4, 0.5) is 0 Å². The van der Waals surface area contributed by atoms with E-state index in [0.29, 0.717) is 19.4 Å². The Hall–Kier alpha value is -0.851. The molecule has 0 radical (unpaired) electrons. The fourth-order valence-electron chi connectivity index (χ4n) is 2.45. The number of hydrogen-bond donors (Lipinski definition) is 0. The van der Waals surface area contributed by atoms with Crippen molar-refractivity contribution in [2.45, 2.75) is 40.5 Å². The first-order chi connectivity index (χ1) is 9.81. The van der Waals surface area contributed by atoms with Crippen LogP contribution in [0.15, 0.2) is 12.2 Å². The van der Waals surface area contributed by atoms with E-state index in [2.05, 4.69) is 14.8 Å². The molecule has 0 unspecified atom stereocenters. The minimum absolute atomic E-state index is 0.221. The number of rotatable bonds is 3. The quantitative estimate of drug-likeness (QED) is 0.520. The summed E-state index contributed by atoms with van der Waals surface area (Å²) >= 11 is -0.543. The van der Waals surface area contributed by atoms with Crippen molar-refractivity contribution < 1.29 is 19.5 Å². The SMILES string of the molecule is O=C([O-])C1CCC(CN2C(=O)C=CC2=O)CC1.[CH3][Sn+]([CH3])[CH3]. The van der Waals surface area contributed by atoms with Crippen LogP contribution in [0.25, 0.3) is 0 Å². The van der Waals surface area contributed by atoms with Crippen LogP contribution in [0.2, 0.25) is 14.8 Å². The van der Waals surface area contributed by atoms with Crippen molar-refractivity contribution in [1.82, 2.24) is 4.90 Å². The van der Waals surface area contributed by atoms with E-state index in [9.17, 15) is 19.5 Å². The summed E-state index contributed by atoms with van der Waals surface area (Å²) in [6.07, 6.45) is 5.17. The average Bonchev–Trinajstić information content (AvgIpc) is 2.70. The fourth-order valence-corrected chi connectivity index (χ4v) is 2.45. The molecule has 2 amide bonds. The molecule has 116 valence electrons. The molecule has 0 N–H and O–H groups in total. The normalized spacial score (nSPS) is 24.6. The molecule has 0 aromatic carbocycles. The fraction of sp³-hybridized carbons (Fsp3) is 0.667. The van der Waals surface area contributed by atoms with Gasteiger partial charge in [-0.1, -0.05) is 0 Å². The van der Waals surface area contributed by atoms with Crippen LogP contribution in [0.3, 0.4) is 0 Å². The summed E-state index contributed by atoms with van der Waals surface area (Å²) in [5.74, 6) is -1.67. The second-order valence-electron chi connectivity index (χ2n) is 6.16. The van der Waals surface area contributed by atoms with Gasteiger partial charge in [-0.3, -0.25) is 14.5 Å².